The van der Waals surface area contributed by atoms with Crippen molar-refractivity contribution < 1.29 is 21.5 Å². The number of nitrogens with zero attached hydrogens (tertiary/aromatic N) is 3. The van der Waals surface area contributed by atoms with Crippen molar-refractivity contribution in [2.24, 2.45) is 0 Å². The number of piperazine rings is 1. The van der Waals surface area contributed by atoms with Crippen LogP contribution in [0.25, 0.3) is 0 Å². The molecule has 9 heteroatoms. The molecule has 1 aromatic heterocycles. The van der Waals surface area contributed by atoms with Crippen LogP contribution in [-0.2, 0) is 10.4 Å². The third-order valence-corrected chi connectivity index (χ3v) is 3.46. The number of halogens is 1. The highest BCUT2D eigenvalue weighted by molar-refractivity contribution is 7.83. The molecule has 1 amide bonds. The molecule has 0 aliphatic carbocycles. The van der Waals surface area contributed by atoms with Crippen LogP contribution in [0.2, 0.25) is 0 Å². The van der Waals surface area contributed by atoms with E-state index in [-0.39, 0.29) is 37.8 Å². The number of rotatable bonds is 2. The summed E-state index contributed by atoms with van der Waals surface area (Å²) >= 11 is 0. The lowest BCUT2D eigenvalue weighted by atomic mass is 10.3. The minimum absolute atomic E-state index is 0.0568. The van der Waals surface area contributed by atoms with Gasteiger partial charge in [-0.25, -0.2) is 4.98 Å². The van der Waals surface area contributed by atoms with Crippen LogP contribution in [0.4, 0.5) is 3.89 Å². The first-order valence-electron chi connectivity index (χ1n) is 4.86. The molecule has 2 rings (SSSR count). The van der Waals surface area contributed by atoms with Gasteiger partial charge in [0.1, 0.15) is 0 Å². The van der Waals surface area contributed by atoms with Crippen LogP contribution in [0, 0.1) is 0 Å². The highest BCUT2D eigenvalue weighted by atomic mass is 32.3. The predicted molar refractivity (Wildman–Crippen MR) is 54.0 cm³/mol. The van der Waals surface area contributed by atoms with Gasteiger partial charge in [-0.3, -0.25) is 4.79 Å². The van der Waals surface area contributed by atoms with E-state index in [1.54, 1.807) is 0 Å². The zero-order valence-electron chi connectivity index (χ0n) is 8.74. The standard InChI is InChI=1S/C8H10FN3O4S/c9-17(14,15)12-3-1-11(2-4-12)8(13)7-5-10-6-16-7/h5-6H,1-4H2. The van der Waals surface area contributed by atoms with Crippen molar-refractivity contribution in [3.05, 3.63) is 18.4 Å². The molecule has 0 saturated carbocycles. The smallest absolute Gasteiger partial charge is 0.374 e. The maximum Gasteiger partial charge on any atom is 0.374 e. The average molecular weight is 263 g/mol. The highest BCUT2D eigenvalue weighted by Crippen LogP contribution is 2.11. The Kier molecular flexibility index (Phi) is 3.11. The van der Waals surface area contributed by atoms with Crippen LogP contribution in [0.5, 0.6) is 0 Å². The summed E-state index contributed by atoms with van der Waals surface area (Å²) in [5.41, 5.74) is 0. The molecule has 0 atom stereocenters. The average Bonchev–Trinajstić information content (AvgIpc) is 2.80. The third kappa shape index (κ3) is 2.61. The monoisotopic (exact) mass is 263 g/mol. The van der Waals surface area contributed by atoms with Gasteiger partial charge in [-0.1, -0.05) is 3.89 Å². The summed E-state index contributed by atoms with van der Waals surface area (Å²) in [5.74, 6) is -0.292. The number of amides is 1. The Hall–Kier alpha value is -1.48. The zero-order chi connectivity index (χ0) is 12.5. The number of hydrogen-bond acceptors (Lipinski definition) is 5. The molecule has 17 heavy (non-hydrogen) atoms. The molecule has 1 aromatic rings. The number of carbonyl (C=O) groups excluding carboxylic acids is 1. The fourth-order valence-electron chi connectivity index (χ4n) is 1.59. The van der Waals surface area contributed by atoms with Crippen LogP contribution in [0.3, 0.4) is 0 Å². The molecule has 0 radical (unpaired) electrons. The number of oxazole rings is 1. The molecule has 7 nitrogen and oxygen atoms in total. The molecule has 0 bridgehead atoms. The molecule has 0 unspecified atom stereocenters. The Morgan fingerprint density at radius 2 is 2.00 bits per heavy atom. The van der Waals surface area contributed by atoms with Crippen molar-refractivity contribution in [1.82, 2.24) is 14.2 Å². The van der Waals surface area contributed by atoms with Gasteiger partial charge in [0.25, 0.3) is 5.91 Å². The molecular weight excluding hydrogens is 253 g/mol. The van der Waals surface area contributed by atoms with Crippen molar-refractivity contribution in [3.63, 3.8) is 0 Å². The number of hydrogen-bond donors (Lipinski definition) is 0. The lowest BCUT2D eigenvalue weighted by molar-refractivity contribution is 0.0663. The summed E-state index contributed by atoms with van der Waals surface area (Å²) in [6.07, 6.45) is 2.41. The Bertz CT molecular complexity index is 493. The summed E-state index contributed by atoms with van der Waals surface area (Å²) < 4.78 is 39.4. The predicted octanol–water partition coefficient (Wildman–Crippen LogP) is -0.353. The molecule has 2 heterocycles. The van der Waals surface area contributed by atoms with Crippen LogP contribution < -0.4 is 0 Å². The van der Waals surface area contributed by atoms with E-state index < -0.39 is 10.4 Å². The van der Waals surface area contributed by atoms with E-state index in [9.17, 15) is 17.1 Å². The van der Waals surface area contributed by atoms with E-state index in [2.05, 4.69) is 4.98 Å². The molecule has 0 aromatic carbocycles. The van der Waals surface area contributed by atoms with Gasteiger partial charge in [-0.15, -0.1) is 0 Å². The first-order valence-corrected chi connectivity index (χ1v) is 6.20. The first-order chi connectivity index (χ1) is 7.98. The zero-order valence-corrected chi connectivity index (χ0v) is 9.56. The fraction of sp³-hybridized carbons (Fsp3) is 0.500. The second kappa shape index (κ2) is 4.41. The minimum Gasteiger partial charge on any atom is -0.438 e. The van der Waals surface area contributed by atoms with Crippen molar-refractivity contribution in [2.75, 3.05) is 26.2 Å². The number of aromatic nitrogens is 1. The third-order valence-electron chi connectivity index (χ3n) is 2.48. The maximum absolute atomic E-state index is 12.6. The highest BCUT2D eigenvalue weighted by Gasteiger charge is 2.29. The molecular formula is C8H10FN3O4S. The maximum atomic E-state index is 12.6. The van der Waals surface area contributed by atoms with Crippen molar-refractivity contribution in [1.29, 1.82) is 0 Å². The van der Waals surface area contributed by atoms with E-state index in [0.717, 1.165) is 6.39 Å². The normalized spacial score (nSPS) is 18.3. The second-order valence-corrected chi connectivity index (χ2v) is 4.84. The second-order valence-electron chi connectivity index (χ2n) is 3.50. The van der Waals surface area contributed by atoms with E-state index in [4.69, 9.17) is 4.42 Å². The topological polar surface area (TPSA) is 83.7 Å². The van der Waals surface area contributed by atoms with Crippen LogP contribution in [0.15, 0.2) is 17.0 Å². The van der Waals surface area contributed by atoms with Gasteiger partial charge in [0, 0.05) is 26.2 Å². The summed E-state index contributed by atoms with van der Waals surface area (Å²) in [5, 5.41) is 0. The van der Waals surface area contributed by atoms with Gasteiger partial charge in [0.05, 0.1) is 6.20 Å². The molecule has 0 spiro atoms. The Morgan fingerprint density at radius 1 is 1.35 bits per heavy atom. The lowest BCUT2D eigenvalue weighted by Crippen LogP contribution is -2.49. The molecule has 1 saturated heterocycles. The molecule has 1 aliphatic rings. The molecule has 1 fully saturated rings. The quantitative estimate of drug-likeness (QED) is 0.681. The Morgan fingerprint density at radius 3 is 2.47 bits per heavy atom. The van der Waals surface area contributed by atoms with E-state index in [1.807, 2.05) is 0 Å². The van der Waals surface area contributed by atoms with Gasteiger partial charge < -0.3 is 9.32 Å². The Labute approximate surface area is 97.2 Å². The molecule has 94 valence electrons. The van der Waals surface area contributed by atoms with Gasteiger partial charge >= 0.3 is 10.4 Å². The van der Waals surface area contributed by atoms with Crippen molar-refractivity contribution in [3.8, 4) is 0 Å². The number of carbonyl (C=O) groups is 1. The van der Waals surface area contributed by atoms with Crippen LogP contribution >= 0.6 is 0 Å². The van der Waals surface area contributed by atoms with Crippen molar-refractivity contribution >= 4 is 16.3 Å². The van der Waals surface area contributed by atoms with Gasteiger partial charge in [-0.05, 0) is 0 Å². The first kappa shape index (κ1) is 12.0. The van der Waals surface area contributed by atoms with E-state index >= 15 is 0 Å². The van der Waals surface area contributed by atoms with Gasteiger partial charge in [-0.2, -0.15) is 12.7 Å². The SMILES string of the molecule is O=C(c1cnco1)N1CCN(S(=O)(=O)F)CC1. The van der Waals surface area contributed by atoms with E-state index in [1.165, 1.54) is 11.1 Å². The van der Waals surface area contributed by atoms with Crippen LogP contribution in [0.1, 0.15) is 10.6 Å². The summed E-state index contributed by atoms with van der Waals surface area (Å²) in [6, 6.07) is 0. The lowest BCUT2D eigenvalue weighted by Gasteiger charge is -2.31. The minimum atomic E-state index is -4.67. The van der Waals surface area contributed by atoms with Crippen molar-refractivity contribution in [2.45, 2.75) is 0 Å². The fourth-order valence-corrected chi connectivity index (χ4v) is 2.19. The summed E-state index contributed by atoms with van der Waals surface area (Å²) in [4.78, 5) is 16.8. The summed E-state index contributed by atoms with van der Waals surface area (Å²) in [6.45, 7) is 0.142. The van der Waals surface area contributed by atoms with Gasteiger partial charge in [0.15, 0.2) is 6.39 Å². The van der Waals surface area contributed by atoms with Gasteiger partial charge in [0.2, 0.25) is 5.76 Å². The largest absolute Gasteiger partial charge is 0.438 e. The molecule has 1 aliphatic heterocycles. The molecule has 0 N–H and O–H groups in total. The Balaban J connectivity index is 1.98. The van der Waals surface area contributed by atoms with E-state index in [0.29, 0.717) is 4.31 Å². The summed E-state index contributed by atoms with van der Waals surface area (Å²) in [7, 11) is -4.67. The van der Waals surface area contributed by atoms with Crippen LogP contribution in [-0.4, -0.2) is 54.7 Å².